The van der Waals surface area contributed by atoms with Gasteiger partial charge in [-0.05, 0) is 38.0 Å². The highest BCUT2D eigenvalue weighted by molar-refractivity contribution is 5.44. The zero-order valence-electron chi connectivity index (χ0n) is 10.4. The van der Waals surface area contributed by atoms with Gasteiger partial charge in [0.15, 0.2) is 0 Å². The third-order valence-electron chi connectivity index (χ3n) is 2.18. The van der Waals surface area contributed by atoms with Gasteiger partial charge in [0, 0.05) is 12.4 Å². The second kappa shape index (κ2) is 6.77. The molecule has 2 aromatic heterocycles. The van der Waals surface area contributed by atoms with E-state index in [4.69, 9.17) is 0 Å². The molecule has 0 amide bonds. The van der Waals surface area contributed by atoms with E-state index in [0.29, 0.717) is 7.18 Å². The first-order valence-corrected chi connectivity index (χ1v) is 4.97. The summed E-state index contributed by atoms with van der Waals surface area (Å²) in [6.45, 7) is 12.2. The van der Waals surface area contributed by atoms with Crippen LogP contribution in [0.1, 0.15) is 16.8 Å². The SMILES string of the molecule is C=C.CF.Cc1cn2cc(C)c(C)cc2n1. The molecule has 2 nitrogen and oxygen atoms in total. The maximum atomic E-state index is 9.50. The number of halogens is 1. The quantitative estimate of drug-likeness (QED) is 0.622. The van der Waals surface area contributed by atoms with Gasteiger partial charge in [-0.2, -0.15) is 0 Å². The summed E-state index contributed by atoms with van der Waals surface area (Å²) in [5.74, 6) is 0. The molecule has 0 bridgehead atoms. The number of alkyl halides is 1. The Morgan fingerprint density at radius 3 is 2.19 bits per heavy atom. The average molecular weight is 222 g/mol. The van der Waals surface area contributed by atoms with Gasteiger partial charge in [0.2, 0.25) is 0 Å². The molecule has 0 aromatic carbocycles. The van der Waals surface area contributed by atoms with Gasteiger partial charge < -0.3 is 4.40 Å². The first-order valence-electron chi connectivity index (χ1n) is 4.97. The first-order chi connectivity index (χ1) is 7.66. The van der Waals surface area contributed by atoms with Crippen LogP contribution in [0.3, 0.4) is 0 Å². The third-order valence-corrected chi connectivity index (χ3v) is 2.18. The molecule has 0 unspecified atom stereocenters. The van der Waals surface area contributed by atoms with E-state index in [2.05, 4.69) is 48.7 Å². The van der Waals surface area contributed by atoms with Crippen LogP contribution in [-0.2, 0) is 0 Å². The Balaban J connectivity index is 0.000000509. The average Bonchev–Trinajstić information content (AvgIpc) is 2.64. The van der Waals surface area contributed by atoms with Gasteiger partial charge in [-0.25, -0.2) is 4.98 Å². The zero-order valence-corrected chi connectivity index (χ0v) is 10.4. The van der Waals surface area contributed by atoms with Crippen LogP contribution in [0.4, 0.5) is 4.39 Å². The third kappa shape index (κ3) is 3.19. The zero-order chi connectivity index (χ0) is 12.7. The summed E-state index contributed by atoms with van der Waals surface area (Å²) in [6, 6.07) is 2.11. The van der Waals surface area contributed by atoms with Crippen LogP contribution < -0.4 is 0 Å². The smallest absolute Gasteiger partial charge is 0.137 e. The van der Waals surface area contributed by atoms with E-state index in [1.165, 1.54) is 11.1 Å². The molecule has 3 heteroatoms. The highest BCUT2D eigenvalue weighted by Gasteiger charge is 1.99. The highest BCUT2D eigenvalue weighted by Crippen LogP contribution is 2.11. The Morgan fingerprint density at radius 1 is 1.06 bits per heavy atom. The molecular formula is C13H19FN2. The van der Waals surface area contributed by atoms with Crippen molar-refractivity contribution >= 4 is 5.65 Å². The molecule has 2 heterocycles. The van der Waals surface area contributed by atoms with Crippen LogP contribution in [0.5, 0.6) is 0 Å². The summed E-state index contributed by atoms with van der Waals surface area (Å²) in [5, 5.41) is 0. The molecule has 0 spiro atoms. The van der Waals surface area contributed by atoms with E-state index in [1.54, 1.807) is 0 Å². The molecule has 0 saturated carbocycles. The lowest BCUT2D eigenvalue weighted by atomic mass is 10.2. The molecule has 0 atom stereocenters. The van der Waals surface area contributed by atoms with Crippen molar-refractivity contribution in [2.45, 2.75) is 20.8 Å². The molecule has 0 aliphatic heterocycles. The normalized spacial score (nSPS) is 8.81. The summed E-state index contributed by atoms with van der Waals surface area (Å²) in [5.41, 5.74) is 4.71. The molecule has 88 valence electrons. The van der Waals surface area contributed by atoms with Crippen LogP contribution in [0.25, 0.3) is 5.65 Å². The maximum Gasteiger partial charge on any atom is 0.137 e. The van der Waals surface area contributed by atoms with E-state index in [1.807, 2.05) is 13.1 Å². The van der Waals surface area contributed by atoms with Crippen molar-refractivity contribution < 1.29 is 4.39 Å². The summed E-state index contributed by atoms with van der Waals surface area (Å²) in [7, 11) is 0.500. The van der Waals surface area contributed by atoms with Crippen LogP contribution in [-0.4, -0.2) is 16.6 Å². The van der Waals surface area contributed by atoms with E-state index in [-0.39, 0.29) is 0 Å². The van der Waals surface area contributed by atoms with E-state index >= 15 is 0 Å². The van der Waals surface area contributed by atoms with Crippen molar-refractivity contribution in [3.8, 4) is 0 Å². The number of nitrogens with zero attached hydrogens (tertiary/aromatic N) is 2. The highest BCUT2D eigenvalue weighted by atomic mass is 19.1. The molecule has 0 radical (unpaired) electrons. The molecule has 2 aromatic rings. The lowest BCUT2D eigenvalue weighted by molar-refractivity contribution is 0.636. The molecule has 2 rings (SSSR count). The first kappa shape index (κ1) is 14.4. The fourth-order valence-electron chi connectivity index (χ4n) is 1.36. The number of hydrogen-bond donors (Lipinski definition) is 0. The topological polar surface area (TPSA) is 17.3 Å². The number of imidazole rings is 1. The van der Waals surface area contributed by atoms with Gasteiger partial charge in [0.1, 0.15) is 5.65 Å². The fourth-order valence-corrected chi connectivity index (χ4v) is 1.36. The lowest BCUT2D eigenvalue weighted by Crippen LogP contribution is -1.87. The Hall–Kier alpha value is -1.64. The summed E-state index contributed by atoms with van der Waals surface area (Å²) in [6.07, 6.45) is 4.16. The van der Waals surface area contributed by atoms with Crippen molar-refractivity contribution in [3.05, 3.63) is 48.4 Å². The van der Waals surface area contributed by atoms with E-state index in [9.17, 15) is 4.39 Å². The molecular weight excluding hydrogens is 203 g/mol. The predicted octanol–water partition coefficient (Wildman–Crippen LogP) is 3.65. The Labute approximate surface area is 96.4 Å². The molecule has 0 fully saturated rings. The van der Waals surface area contributed by atoms with Crippen molar-refractivity contribution in [1.82, 2.24) is 9.38 Å². The number of aromatic nitrogens is 2. The fraction of sp³-hybridized carbons (Fsp3) is 0.308. The van der Waals surface area contributed by atoms with E-state index < -0.39 is 0 Å². The van der Waals surface area contributed by atoms with Crippen molar-refractivity contribution in [2.75, 3.05) is 7.18 Å². The van der Waals surface area contributed by atoms with Crippen LogP contribution >= 0.6 is 0 Å². The van der Waals surface area contributed by atoms with Gasteiger partial charge in [0.25, 0.3) is 0 Å². The van der Waals surface area contributed by atoms with Crippen molar-refractivity contribution in [1.29, 1.82) is 0 Å². The van der Waals surface area contributed by atoms with Crippen molar-refractivity contribution in [3.63, 3.8) is 0 Å². The Bertz CT molecular complexity index is 407. The molecule has 0 saturated heterocycles. The molecule has 16 heavy (non-hydrogen) atoms. The van der Waals surface area contributed by atoms with Crippen LogP contribution in [0, 0.1) is 20.8 Å². The predicted molar refractivity (Wildman–Crippen MR) is 67.7 cm³/mol. The second-order valence-corrected chi connectivity index (χ2v) is 3.29. The minimum atomic E-state index is 0.500. The van der Waals surface area contributed by atoms with Crippen LogP contribution in [0.15, 0.2) is 31.6 Å². The van der Waals surface area contributed by atoms with Gasteiger partial charge in [-0.1, -0.05) is 0 Å². The summed E-state index contributed by atoms with van der Waals surface area (Å²) in [4.78, 5) is 4.38. The molecule has 0 aliphatic rings. The largest absolute Gasteiger partial charge is 0.307 e. The number of hydrogen-bond acceptors (Lipinski definition) is 1. The van der Waals surface area contributed by atoms with Gasteiger partial charge in [0.05, 0.1) is 12.9 Å². The van der Waals surface area contributed by atoms with Crippen LogP contribution in [0.2, 0.25) is 0 Å². The number of aryl methyl sites for hydroxylation is 3. The van der Waals surface area contributed by atoms with E-state index in [0.717, 1.165) is 11.3 Å². The minimum absolute atomic E-state index is 0.500. The number of pyridine rings is 1. The maximum absolute atomic E-state index is 9.50. The number of rotatable bonds is 0. The monoisotopic (exact) mass is 222 g/mol. The van der Waals surface area contributed by atoms with Gasteiger partial charge in [-0.3, -0.25) is 4.39 Å². The number of fused-ring (bicyclic) bond motifs is 1. The minimum Gasteiger partial charge on any atom is -0.307 e. The van der Waals surface area contributed by atoms with Gasteiger partial charge >= 0.3 is 0 Å². The Morgan fingerprint density at radius 2 is 1.62 bits per heavy atom. The summed E-state index contributed by atoms with van der Waals surface area (Å²) < 4.78 is 11.6. The standard InChI is InChI=1S/C10H12N2.C2H4.CH3F/c1-7-4-10-11-9(3)6-12(10)5-8(7)2;2*1-2/h4-6H,1-3H3;1-2H2;1H3. The molecule has 0 N–H and O–H groups in total. The lowest BCUT2D eigenvalue weighted by Gasteiger charge is -1.99. The summed E-state index contributed by atoms with van der Waals surface area (Å²) >= 11 is 0. The van der Waals surface area contributed by atoms with Gasteiger partial charge in [-0.15, -0.1) is 13.2 Å². The second-order valence-electron chi connectivity index (χ2n) is 3.29. The van der Waals surface area contributed by atoms with Crippen molar-refractivity contribution in [2.24, 2.45) is 0 Å². The Kier molecular flexibility index (Phi) is 6.08. The molecule has 0 aliphatic carbocycles.